The molecule has 6 aromatic carbocycles. The van der Waals surface area contributed by atoms with Crippen LogP contribution >= 0.6 is 0 Å². The van der Waals surface area contributed by atoms with E-state index in [9.17, 15) is 0 Å². The summed E-state index contributed by atoms with van der Waals surface area (Å²) in [4.78, 5) is 9.55. The number of aryl methyl sites for hydroxylation is 1. The summed E-state index contributed by atoms with van der Waals surface area (Å²) in [6.45, 7) is 9.10. The van der Waals surface area contributed by atoms with Crippen LogP contribution in [0.4, 0.5) is 0 Å². The average Bonchev–Trinajstić information content (AvgIpc) is 3.81. The van der Waals surface area contributed by atoms with E-state index in [4.69, 9.17) is 18.8 Å². The van der Waals surface area contributed by atoms with Gasteiger partial charge in [-0.2, -0.15) is 0 Å². The Bertz CT molecular complexity index is 2980. The first-order valence-electron chi connectivity index (χ1n) is 19.0. The van der Waals surface area contributed by atoms with Gasteiger partial charge in [-0.15, -0.1) is 41.5 Å². The molecule has 0 bridgehead atoms. The Hall–Kier alpha value is -5.91. The van der Waals surface area contributed by atoms with Crippen LogP contribution in [0.1, 0.15) is 16.7 Å². The van der Waals surface area contributed by atoms with Crippen molar-refractivity contribution in [1.29, 1.82) is 0 Å². The van der Waals surface area contributed by atoms with Crippen LogP contribution in [0.3, 0.4) is 0 Å². The summed E-state index contributed by atoms with van der Waals surface area (Å²) < 4.78 is 12.1. The largest absolute Gasteiger partial charge is 0.501 e. The van der Waals surface area contributed by atoms with Crippen molar-refractivity contribution in [3.8, 4) is 33.6 Å². The molecule has 1 radical (unpaired) electrons. The first-order chi connectivity index (χ1) is 27.3. The third-order valence-corrected chi connectivity index (χ3v) is 12.5. The molecule has 4 nitrogen and oxygen atoms in total. The van der Waals surface area contributed by atoms with E-state index in [-0.39, 0.29) is 20.1 Å². The molecule has 0 saturated heterocycles. The number of hydrogen-bond donors (Lipinski definition) is 0. The second-order valence-corrected chi connectivity index (χ2v) is 20.4. The van der Waals surface area contributed by atoms with Crippen LogP contribution in [0.2, 0.25) is 19.6 Å². The minimum Gasteiger partial charge on any atom is -0.501 e. The molecule has 0 aliphatic heterocycles. The number of fused-ring (bicyclic) bond motifs is 6. The topological polar surface area (TPSA) is 52.1 Å². The van der Waals surface area contributed by atoms with Gasteiger partial charge in [-0.3, -0.25) is 0 Å². The Morgan fingerprint density at radius 3 is 1.98 bits per heavy atom. The molecule has 0 atom stereocenters. The quantitative estimate of drug-likeness (QED) is 0.123. The zero-order valence-corrected chi connectivity index (χ0v) is 35.7. The van der Waals surface area contributed by atoms with Gasteiger partial charge in [0.1, 0.15) is 11.2 Å². The number of benzene rings is 6. The van der Waals surface area contributed by atoms with Crippen LogP contribution in [0.5, 0.6) is 0 Å². The van der Waals surface area contributed by atoms with Crippen LogP contribution < -0.4 is 5.19 Å². The SMILES string of the molecule is Cc1c[c-]c(-c2ccc([Si](C)(C)C)cn2)c2oc3ccccc3c12.[Ir].[c-]1cc2oc3ccccc3c2cc1-c1cc(Cc2ccccc2)c(-c2ccccc2)cn1. The Morgan fingerprint density at radius 2 is 1.26 bits per heavy atom. The maximum absolute atomic E-state index is 6.15. The Balaban J connectivity index is 0.000000163. The van der Waals surface area contributed by atoms with Crippen molar-refractivity contribution in [2.75, 3.05) is 0 Å². The molecule has 0 spiro atoms. The fraction of sp³-hybridized carbons (Fsp3) is 0.0980. The predicted molar refractivity (Wildman–Crippen MR) is 234 cm³/mol. The average molecular weight is 933 g/mol. The van der Waals surface area contributed by atoms with E-state index in [1.165, 1.54) is 27.4 Å². The van der Waals surface area contributed by atoms with Gasteiger partial charge in [-0.1, -0.05) is 158 Å². The minimum atomic E-state index is -1.34. The Labute approximate surface area is 347 Å². The first kappa shape index (κ1) is 38.0. The van der Waals surface area contributed by atoms with Gasteiger partial charge in [0.05, 0.1) is 19.2 Å². The summed E-state index contributed by atoms with van der Waals surface area (Å²) in [6.07, 6.45) is 4.86. The molecular weight excluding hydrogens is 893 g/mol. The third kappa shape index (κ3) is 7.64. The van der Waals surface area contributed by atoms with Crippen molar-refractivity contribution in [3.63, 3.8) is 0 Å². The number of pyridine rings is 2. The van der Waals surface area contributed by atoms with Gasteiger partial charge >= 0.3 is 0 Å². The summed E-state index contributed by atoms with van der Waals surface area (Å²) in [5.74, 6) is 0. The second kappa shape index (κ2) is 15.9. The summed E-state index contributed by atoms with van der Waals surface area (Å²) >= 11 is 0. The van der Waals surface area contributed by atoms with E-state index in [1.807, 2.05) is 67.0 Å². The van der Waals surface area contributed by atoms with Crippen LogP contribution in [0.15, 0.2) is 167 Å². The van der Waals surface area contributed by atoms with Gasteiger partial charge in [0, 0.05) is 48.8 Å². The number of hydrogen-bond acceptors (Lipinski definition) is 4. The Kier molecular flexibility index (Phi) is 10.6. The van der Waals surface area contributed by atoms with Gasteiger partial charge in [-0.25, -0.2) is 0 Å². The first-order valence-corrected chi connectivity index (χ1v) is 22.5. The summed E-state index contributed by atoms with van der Waals surface area (Å²) in [7, 11) is -1.34. The van der Waals surface area contributed by atoms with Crippen molar-refractivity contribution in [2.45, 2.75) is 33.0 Å². The fourth-order valence-corrected chi connectivity index (χ4v) is 8.44. The molecule has 4 heterocycles. The van der Waals surface area contributed by atoms with Crippen LogP contribution in [0, 0.1) is 19.1 Å². The molecule has 0 aliphatic carbocycles. The van der Waals surface area contributed by atoms with Crippen molar-refractivity contribution >= 4 is 57.1 Å². The van der Waals surface area contributed by atoms with E-state index in [2.05, 4.69) is 130 Å². The molecule has 0 amide bonds. The molecule has 0 aliphatic rings. The molecule has 281 valence electrons. The molecule has 57 heavy (non-hydrogen) atoms. The minimum absolute atomic E-state index is 0. The number of nitrogens with zero attached hydrogens (tertiary/aromatic N) is 2. The van der Waals surface area contributed by atoms with Crippen molar-refractivity contribution < 1.29 is 28.9 Å². The maximum atomic E-state index is 6.15. The maximum Gasteiger partial charge on any atom is 0.120 e. The van der Waals surface area contributed by atoms with Crippen LogP contribution in [-0.4, -0.2) is 18.0 Å². The molecular formula is C51H40IrN2O2Si-2. The van der Waals surface area contributed by atoms with Crippen molar-refractivity contribution in [1.82, 2.24) is 9.97 Å². The van der Waals surface area contributed by atoms with E-state index >= 15 is 0 Å². The smallest absolute Gasteiger partial charge is 0.120 e. The molecule has 10 aromatic rings. The normalized spacial score (nSPS) is 11.4. The van der Waals surface area contributed by atoms with Crippen LogP contribution in [0.25, 0.3) is 77.5 Å². The fourth-order valence-electron chi connectivity index (χ4n) is 7.41. The van der Waals surface area contributed by atoms with E-state index in [0.29, 0.717) is 0 Å². The molecule has 6 heteroatoms. The number of aromatic nitrogens is 2. The number of para-hydroxylation sites is 2. The van der Waals surface area contributed by atoms with E-state index < -0.39 is 8.07 Å². The molecule has 0 saturated carbocycles. The van der Waals surface area contributed by atoms with Gasteiger partial charge in [0.15, 0.2) is 0 Å². The summed E-state index contributed by atoms with van der Waals surface area (Å²) in [5.41, 5.74) is 13.3. The molecule has 0 unspecified atom stereocenters. The molecule has 10 rings (SSSR count). The van der Waals surface area contributed by atoms with Gasteiger partial charge in [-0.05, 0) is 51.8 Å². The number of rotatable bonds is 6. The zero-order valence-electron chi connectivity index (χ0n) is 32.3. The monoisotopic (exact) mass is 933 g/mol. The van der Waals surface area contributed by atoms with E-state index in [1.54, 1.807) is 0 Å². The predicted octanol–water partition coefficient (Wildman–Crippen LogP) is 13.0. The molecule has 0 fully saturated rings. The summed E-state index contributed by atoms with van der Waals surface area (Å²) in [5, 5.41) is 5.88. The van der Waals surface area contributed by atoms with Gasteiger partial charge < -0.3 is 18.8 Å². The van der Waals surface area contributed by atoms with Crippen molar-refractivity contribution in [2.24, 2.45) is 0 Å². The van der Waals surface area contributed by atoms with Gasteiger partial charge in [0.2, 0.25) is 0 Å². The standard InChI is InChI=1S/C30H20NO.C21H20NOSi.Ir/c1-3-9-21(10-4-1)17-24-19-28(31-20-27(24)22-11-5-2-6-12-22)23-15-16-30-26(18-23)25-13-7-8-14-29(25)32-30;1-14-9-11-16(18-12-10-15(13-22-18)24(2,3)4)21-20(14)17-7-5-6-8-19(17)23-21;/h1-14,16,18-20H,17H2;5-10,12-13H,1-4H3;/q2*-1;. The Morgan fingerprint density at radius 1 is 0.596 bits per heavy atom. The van der Waals surface area contributed by atoms with Crippen LogP contribution in [-0.2, 0) is 26.5 Å². The number of furan rings is 2. The van der Waals surface area contributed by atoms with Gasteiger partial charge in [0.25, 0.3) is 0 Å². The molecule has 4 aromatic heterocycles. The second-order valence-electron chi connectivity index (χ2n) is 15.3. The zero-order chi connectivity index (χ0) is 38.2. The van der Waals surface area contributed by atoms with E-state index in [0.717, 1.165) is 78.4 Å². The molecule has 0 N–H and O–H groups in total. The van der Waals surface area contributed by atoms with Crippen molar-refractivity contribution in [3.05, 3.63) is 187 Å². The summed E-state index contributed by atoms with van der Waals surface area (Å²) in [6, 6.07) is 56.7. The third-order valence-electron chi connectivity index (χ3n) is 10.4.